The minimum absolute atomic E-state index is 0.0109. The summed E-state index contributed by atoms with van der Waals surface area (Å²) >= 11 is 0. The second-order valence-corrected chi connectivity index (χ2v) is 11.8. The van der Waals surface area contributed by atoms with Crippen molar-refractivity contribution in [3.8, 4) is 5.75 Å². The molecule has 0 aliphatic carbocycles. The van der Waals surface area contributed by atoms with Crippen LogP contribution in [0.2, 0.25) is 0 Å². The Balaban J connectivity index is 1.86. The summed E-state index contributed by atoms with van der Waals surface area (Å²) in [5, 5.41) is 10.5. The van der Waals surface area contributed by atoms with Crippen LogP contribution in [0, 0.1) is 23.7 Å². The van der Waals surface area contributed by atoms with E-state index in [1.54, 1.807) is 42.4 Å². The number of methoxy groups -OCH3 is 1. The zero-order chi connectivity index (χ0) is 29.4. The number of anilines is 1. The van der Waals surface area contributed by atoms with Crippen LogP contribution in [0.4, 0.5) is 5.69 Å². The highest BCUT2D eigenvalue weighted by Gasteiger charge is 2.80. The molecule has 7 atom stereocenters. The number of amides is 2. The Bertz CT molecular complexity index is 1150. The number of nitrogens with zero attached hydrogens (tertiary/aromatic N) is 2. The Morgan fingerprint density at radius 3 is 2.48 bits per heavy atom. The molecule has 3 aliphatic rings. The number of aliphatic hydroxyl groups is 1. The number of aliphatic hydroxyl groups excluding tert-OH is 1. The van der Waals surface area contributed by atoms with Crippen LogP contribution in [0.5, 0.6) is 5.75 Å². The lowest BCUT2D eigenvalue weighted by Gasteiger charge is -2.40. The van der Waals surface area contributed by atoms with E-state index in [4.69, 9.17) is 14.2 Å². The second-order valence-electron chi connectivity index (χ2n) is 11.8. The molecule has 3 unspecified atom stereocenters. The van der Waals surface area contributed by atoms with E-state index in [-0.39, 0.29) is 43.4 Å². The summed E-state index contributed by atoms with van der Waals surface area (Å²) in [5.41, 5.74) is -1.63. The van der Waals surface area contributed by atoms with Crippen molar-refractivity contribution in [1.82, 2.24) is 4.90 Å². The van der Waals surface area contributed by atoms with Crippen LogP contribution in [-0.4, -0.2) is 77.9 Å². The molecule has 3 aliphatic heterocycles. The van der Waals surface area contributed by atoms with E-state index in [0.717, 1.165) is 0 Å². The number of esters is 1. The minimum Gasteiger partial charge on any atom is -0.497 e. The third kappa shape index (κ3) is 4.63. The van der Waals surface area contributed by atoms with Gasteiger partial charge < -0.3 is 29.1 Å². The average molecular weight is 555 g/mol. The van der Waals surface area contributed by atoms with Crippen LogP contribution in [0.1, 0.15) is 40.5 Å². The number of carbonyl (C=O) groups is 3. The van der Waals surface area contributed by atoms with E-state index < -0.39 is 41.1 Å². The van der Waals surface area contributed by atoms with Gasteiger partial charge in [-0.3, -0.25) is 14.4 Å². The predicted octanol–water partition coefficient (Wildman–Crippen LogP) is 3.36. The summed E-state index contributed by atoms with van der Waals surface area (Å²) < 4.78 is 17.5. The number of fused-ring (bicyclic) bond motifs is 1. The first-order chi connectivity index (χ1) is 19.0. The molecular formula is C31H42N2O7. The smallest absolute Gasteiger partial charge is 0.313 e. The van der Waals surface area contributed by atoms with Gasteiger partial charge in [0.15, 0.2) is 0 Å². The van der Waals surface area contributed by atoms with Gasteiger partial charge in [-0.25, -0.2) is 0 Å². The lowest BCUT2D eigenvalue weighted by Crippen LogP contribution is -2.59. The van der Waals surface area contributed by atoms with Crippen LogP contribution in [0.3, 0.4) is 0 Å². The number of hydrogen-bond acceptors (Lipinski definition) is 7. The molecule has 0 radical (unpaired) electrons. The Hall–Kier alpha value is -3.17. The lowest BCUT2D eigenvalue weighted by atomic mass is 9.62. The molecule has 40 heavy (non-hydrogen) atoms. The number of likely N-dealkylation sites (tertiary alicyclic amines) is 1. The van der Waals surface area contributed by atoms with E-state index in [0.29, 0.717) is 24.3 Å². The Morgan fingerprint density at radius 2 is 1.93 bits per heavy atom. The molecule has 3 fully saturated rings. The first-order valence-electron chi connectivity index (χ1n) is 14.0. The predicted molar refractivity (Wildman–Crippen MR) is 151 cm³/mol. The summed E-state index contributed by atoms with van der Waals surface area (Å²) in [7, 11) is 1.57. The maximum atomic E-state index is 14.7. The van der Waals surface area contributed by atoms with Crippen molar-refractivity contribution in [2.75, 3.05) is 31.8 Å². The Labute approximate surface area is 236 Å². The summed E-state index contributed by atoms with van der Waals surface area (Å²) in [6.07, 6.45) is 4.01. The molecular weight excluding hydrogens is 512 g/mol. The molecule has 4 rings (SSSR count). The van der Waals surface area contributed by atoms with Crippen LogP contribution >= 0.6 is 0 Å². The number of hydrogen-bond donors (Lipinski definition) is 1. The van der Waals surface area contributed by atoms with E-state index in [1.807, 2.05) is 27.7 Å². The Morgan fingerprint density at radius 1 is 1.25 bits per heavy atom. The first kappa shape index (κ1) is 29.8. The van der Waals surface area contributed by atoms with Crippen LogP contribution in [0.15, 0.2) is 49.6 Å². The van der Waals surface area contributed by atoms with Gasteiger partial charge in [0.25, 0.3) is 5.91 Å². The standard InChI is InChI=1S/C31H42N2O7/c1-8-14-32(21-10-12-23(38-7)13-11-21)28(36)26-31-17-20(5)30(6,40-31)25(29(37)39-15-9-2)24(31)27(35)33(26)22(18-34)16-19(3)4/h8-13,19-20,22,24-26,34H,1-2,14-18H2,3-7H3/t20?,22-,24+,25+,26?,30-,31?/m1/s1. The number of carbonyl (C=O) groups excluding carboxylic acids is 3. The maximum Gasteiger partial charge on any atom is 0.313 e. The quantitative estimate of drug-likeness (QED) is 0.312. The zero-order valence-electron chi connectivity index (χ0n) is 24.2. The van der Waals surface area contributed by atoms with Crippen molar-refractivity contribution in [1.29, 1.82) is 0 Å². The molecule has 9 heteroatoms. The molecule has 2 amide bonds. The van der Waals surface area contributed by atoms with E-state index in [2.05, 4.69) is 13.2 Å². The van der Waals surface area contributed by atoms with Crippen LogP contribution in [0.25, 0.3) is 0 Å². The van der Waals surface area contributed by atoms with Crippen LogP contribution < -0.4 is 9.64 Å². The van der Waals surface area contributed by atoms with Gasteiger partial charge in [0, 0.05) is 12.2 Å². The molecule has 2 bridgehead atoms. The minimum atomic E-state index is -1.25. The van der Waals surface area contributed by atoms with Crippen molar-refractivity contribution in [3.63, 3.8) is 0 Å². The van der Waals surface area contributed by atoms with Gasteiger partial charge in [-0.15, -0.1) is 6.58 Å². The molecule has 9 nitrogen and oxygen atoms in total. The highest BCUT2D eigenvalue weighted by atomic mass is 16.6. The van der Waals surface area contributed by atoms with Crippen molar-refractivity contribution in [3.05, 3.63) is 49.6 Å². The van der Waals surface area contributed by atoms with Gasteiger partial charge in [0.05, 0.1) is 31.3 Å². The number of ether oxygens (including phenoxy) is 3. The molecule has 3 saturated heterocycles. The molecule has 0 saturated carbocycles. The molecule has 1 aromatic rings. The third-order valence-corrected chi connectivity index (χ3v) is 8.89. The molecule has 1 N–H and O–H groups in total. The molecule has 3 heterocycles. The SMILES string of the molecule is C=CCOC(=O)[C@@H]1[C@H]2C(=O)N([C@@H](CO)CC(C)C)C(C(=O)N(CC=C)c3ccc(OC)cc3)C23CC(C)[C@@]1(C)O3. The summed E-state index contributed by atoms with van der Waals surface area (Å²) in [6, 6.07) is 5.40. The van der Waals surface area contributed by atoms with E-state index in [1.165, 1.54) is 11.0 Å². The summed E-state index contributed by atoms with van der Waals surface area (Å²) in [6.45, 7) is 15.2. The maximum absolute atomic E-state index is 14.7. The highest BCUT2D eigenvalue weighted by molar-refractivity contribution is 6.05. The normalized spacial score (nSPS) is 31.2. The lowest BCUT2D eigenvalue weighted by molar-refractivity contribution is -0.161. The highest BCUT2D eigenvalue weighted by Crippen LogP contribution is 2.65. The number of benzene rings is 1. The molecule has 0 aromatic heterocycles. The van der Waals surface area contributed by atoms with Gasteiger partial charge in [-0.05, 0) is 55.9 Å². The topological polar surface area (TPSA) is 106 Å². The van der Waals surface area contributed by atoms with Gasteiger partial charge >= 0.3 is 5.97 Å². The fourth-order valence-corrected chi connectivity index (χ4v) is 7.12. The van der Waals surface area contributed by atoms with Gasteiger partial charge in [-0.1, -0.05) is 39.5 Å². The molecule has 218 valence electrons. The van der Waals surface area contributed by atoms with Crippen molar-refractivity contribution in [2.24, 2.45) is 23.7 Å². The fourth-order valence-electron chi connectivity index (χ4n) is 7.12. The Kier molecular flexibility index (Phi) is 8.47. The fraction of sp³-hybridized carbons (Fsp3) is 0.581. The average Bonchev–Trinajstić information content (AvgIpc) is 3.45. The van der Waals surface area contributed by atoms with Crippen molar-refractivity contribution >= 4 is 23.5 Å². The second kappa shape index (κ2) is 11.4. The monoisotopic (exact) mass is 554 g/mol. The zero-order valence-corrected chi connectivity index (χ0v) is 24.2. The molecule has 1 spiro atoms. The van der Waals surface area contributed by atoms with Crippen molar-refractivity contribution in [2.45, 2.75) is 63.8 Å². The van der Waals surface area contributed by atoms with E-state index >= 15 is 0 Å². The summed E-state index contributed by atoms with van der Waals surface area (Å²) in [5.74, 6) is -2.39. The first-order valence-corrected chi connectivity index (χ1v) is 14.0. The number of rotatable bonds is 12. The van der Waals surface area contributed by atoms with Crippen molar-refractivity contribution < 1.29 is 33.7 Å². The largest absolute Gasteiger partial charge is 0.497 e. The van der Waals surface area contributed by atoms with Crippen LogP contribution in [-0.2, 0) is 23.9 Å². The third-order valence-electron chi connectivity index (χ3n) is 8.89. The van der Waals surface area contributed by atoms with Gasteiger partial charge in [0.2, 0.25) is 5.91 Å². The van der Waals surface area contributed by atoms with Gasteiger partial charge in [-0.2, -0.15) is 0 Å². The van der Waals surface area contributed by atoms with Gasteiger partial charge in [0.1, 0.15) is 29.9 Å². The molecule has 1 aromatic carbocycles. The van der Waals surface area contributed by atoms with E-state index in [9.17, 15) is 19.5 Å². The summed E-state index contributed by atoms with van der Waals surface area (Å²) in [4.78, 5) is 45.6.